The van der Waals surface area contributed by atoms with Gasteiger partial charge >= 0.3 is 6.18 Å². The molecule has 0 amide bonds. The highest BCUT2D eigenvalue weighted by Crippen LogP contribution is 2.10. The summed E-state index contributed by atoms with van der Waals surface area (Å²) < 4.78 is 31.6. The predicted molar refractivity (Wildman–Crippen MR) is 13.1 cm³/mol. The topological polar surface area (TPSA) is 22.3 Å². The molecule has 0 spiro atoms. The molecule has 0 fully saturated rings. The maximum Gasteiger partial charge on any atom is 0.404 e. The van der Waals surface area contributed by atoms with Crippen molar-refractivity contribution < 1.29 is 13.2 Å². The molecule has 0 N–H and O–H groups in total. The van der Waals surface area contributed by atoms with Crippen LogP contribution in [0.2, 0.25) is 0 Å². The highest BCUT2D eigenvalue weighted by Gasteiger charge is 2.24. The van der Waals surface area contributed by atoms with Gasteiger partial charge in [0, 0.05) is 0 Å². The van der Waals surface area contributed by atoms with E-state index in [9.17, 15) is 13.2 Å². The van der Waals surface area contributed by atoms with Crippen molar-refractivity contribution in [2.75, 3.05) is 6.54 Å². The molecule has 0 aliphatic rings. The van der Waals surface area contributed by atoms with Crippen molar-refractivity contribution in [3.8, 4) is 0 Å². The number of rotatable bonds is 0. The third-order valence-corrected chi connectivity index (χ3v) is 0.179. The molecule has 0 bridgehead atoms. The average Bonchev–Trinajstić information content (AvgIpc) is 1.35. The molecule has 0 aliphatic carbocycles. The summed E-state index contributed by atoms with van der Waals surface area (Å²) in [7, 11) is 0. The van der Waals surface area contributed by atoms with Gasteiger partial charge in [-0.25, -0.2) is 0 Å². The SMILES string of the molecule is [N]CC(F)(F)F. The molecule has 2 radical (unpaired) electrons. The number of hydrogen-bond acceptors (Lipinski definition) is 0. The van der Waals surface area contributed by atoms with Gasteiger partial charge in [0.05, 0.1) is 0 Å². The van der Waals surface area contributed by atoms with Crippen LogP contribution in [0.3, 0.4) is 0 Å². The van der Waals surface area contributed by atoms with Crippen LogP contribution in [0.5, 0.6) is 0 Å². The first-order valence-corrected chi connectivity index (χ1v) is 1.24. The van der Waals surface area contributed by atoms with E-state index in [0.717, 1.165) is 0 Å². The smallest absolute Gasteiger partial charge is 0.169 e. The number of halogens is 3. The highest BCUT2D eigenvalue weighted by atomic mass is 19.4. The summed E-state index contributed by atoms with van der Waals surface area (Å²) in [6.07, 6.45) is -4.40. The fourth-order valence-corrected chi connectivity index (χ4v) is 0. The summed E-state index contributed by atoms with van der Waals surface area (Å²) in [5.41, 5.74) is 7.28. The third-order valence-electron chi connectivity index (χ3n) is 0.179. The zero-order valence-electron chi connectivity index (χ0n) is 2.79. The Hall–Kier alpha value is -0.250. The molecule has 0 atom stereocenters. The molecule has 0 rings (SSSR count). The van der Waals surface area contributed by atoms with E-state index in [0.29, 0.717) is 0 Å². The van der Waals surface area contributed by atoms with Crippen LogP contribution >= 0.6 is 0 Å². The van der Waals surface area contributed by atoms with Crippen LogP contribution < -0.4 is 5.73 Å². The largest absolute Gasteiger partial charge is 0.404 e. The van der Waals surface area contributed by atoms with Crippen LogP contribution in [0.25, 0.3) is 0 Å². The summed E-state index contributed by atoms with van der Waals surface area (Å²) in [6.45, 7) is -1.73. The standard InChI is InChI=1S/C2H2F3N/c3-2(4,5)1-6/h1H2. The average molecular weight is 97.0 g/mol. The van der Waals surface area contributed by atoms with Crippen molar-refractivity contribution in [3.05, 3.63) is 0 Å². The molecule has 0 heterocycles. The lowest BCUT2D eigenvalue weighted by Gasteiger charge is -1.94. The zero-order valence-corrected chi connectivity index (χ0v) is 2.79. The van der Waals surface area contributed by atoms with E-state index in [1.165, 1.54) is 0 Å². The van der Waals surface area contributed by atoms with E-state index < -0.39 is 12.7 Å². The maximum atomic E-state index is 10.5. The van der Waals surface area contributed by atoms with Crippen LogP contribution in [0.4, 0.5) is 13.2 Å². The molecule has 1 nitrogen and oxygen atoms in total. The van der Waals surface area contributed by atoms with E-state index in [2.05, 4.69) is 0 Å². The van der Waals surface area contributed by atoms with Crippen molar-refractivity contribution in [1.82, 2.24) is 5.73 Å². The molecule has 0 aromatic rings. The second-order valence-electron chi connectivity index (χ2n) is 0.773. The first-order valence-electron chi connectivity index (χ1n) is 1.24. The summed E-state index contributed by atoms with van der Waals surface area (Å²) in [6, 6.07) is 0. The molecular weight excluding hydrogens is 95.0 g/mol. The fourth-order valence-electron chi connectivity index (χ4n) is 0. The lowest BCUT2D eigenvalue weighted by molar-refractivity contribution is -0.119. The molecule has 6 heavy (non-hydrogen) atoms. The number of nitrogens with zero attached hydrogens (tertiary/aromatic N) is 1. The zero-order chi connectivity index (χ0) is 5.21. The van der Waals surface area contributed by atoms with Gasteiger partial charge in [-0.3, -0.25) is 0 Å². The van der Waals surface area contributed by atoms with Crippen molar-refractivity contribution >= 4 is 0 Å². The maximum absolute atomic E-state index is 10.5. The summed E-state index contributed by atoms with van der Waals surface area (Å²) in [5, 5.41) is 0. The summed E-state index contributed by atoms with van der Waals surface area (Å²) in [4.78, 5) is 0. The minimum atomic E-state index is -4.40. The van der Waals surface area contributed by atoms with Gasteiger partial charge in [-0.2, -0.15) is 13.2 Å². The second kappa shape index (κ2) is 1.47. The van der Waals surface area contributed by atoms with Crippen molar-refractivity contribution in [3.63, 3.8) is 0 Å². The minimum absolute atomic E-state index is 1.73. The van der Waals surface area contributed by atoms with E-state index >= 15 is 0 Å². The van der Waals surface area contributed by atoms with E-state index in [4.69, 9.17) is 5.73 Å². The first-order chi connectivity index (χ1) is 2.56. The minimum Gasteiger partial charge on any atom is -0.169 e. The molecule has 0 saturated carbocycles. The molecule has 0 saturated heterocycles. The lowest BCUT2D eigenvalue weighted by Crippen LogP contribution is -2.13. The lowest BCUT2D eigenvalue weighted by atomic mass is 10.7. The van der Waals surface area contributed by atoms with Crippen molar-refractivity contribution in [2.24, 2.45) is 0 Å². The van der Waals surface area contributed by atoms with E-state index in [1.54, 1.807) is 0 Å². The first kappa shape index (κ1) is 5.75. The molecule has 36 valence electrons. The Bertz CT molecular complexity index is 38.5. The molecule has 0 aromatic carbocycles. The third kappa shape index (κ3) is 3.75. The second-order valence-corrected chi connectivity index (χ2v) is 0.773. The number of alkyl halides is 3. The van der Waals surface area contributed by atoms with Crippen LogP contribution in [-0.4, -0.2) is 12.7 Å². The van der Waals surface area contributed by atoms with Gasteiger partial charge in [-0.05, 0) is 0 Å². The Kier molecular flexibility index (Phi) is 1.40. The van der Waals surface area contributed by atoms with Gasteiger partial charge in [0.1, 0.15) is 6.54 Å². The molecule has 0 aromatic heterocycles. The quantitative estimate of drug-likeness (QED) is 0.422. The van der Waals surface area contributed by atoms with Gasteiger partial charge in [-0.15, -0.1) is 5.73 Å². The van der Waals surface area contributed by atoms with Crippen LogP contribution in [0, 0.1) is 0 Å². The Morgan fingerprint density at radius 1 is 1.33 bits per heavy atom. The Morgan fingerprint density at radius 2 is 1.50 bits per heavy atom. The fraction of sp³-hybridized carbons (Fsp3) is 1.00. The summed E-state index contributed by atoms with van der Waals surface area (Å²) >= 11 is 0. The highest BCUT2D eigenvalue weighted by molar-refractivity contribution is 4.44. The van der Waals surface area contributed by atoms with Crippen molar-refractivity contribution in [2.45, 2.75) is 6.18 Å². The van der Waals surface area contributed by atoms with E-state index in [-0.39, 0.29) is 0 Å². The van der Waals surface area contributed by atoms with Gasteiger partial charge in [-0.1, -0.05) is 0 Å². The van der Waals surface area contributed by atoms with Crippen LogP contribution in [0.15, 0.2) is 0 Å². The Labute approximate surface area is 32.9 Å². The normalized spacial score (nSPS) is 12.0. The van der Waals surface area contributed by atoms with Gasteiger partial charge in [0.15, 0.2) is 0 Å². The predicted octanol–water partition coefficient (Wildman–Crippen LogP) is 0.617. The van der Waals surface area contributed by atoms with Gasteiger partial charge in [0.25, 0.3) is 0 Å². The van der Waals surface area contributed by atoms with Crippen LogP contribution in [-0.2, 0) is 0 Å². The van der Waals surface area contributed by atoms with Crippen LogP contribution in [0.1, 0.15) is 0 Å². The summed E-state index contributed by atoms with van der Waals surface area (Å²) in [5.74, 6) is 0. The van der Waals surface area contributed by atoms with Gasteiger partial charge < -0.3 is 0 Å². The molecule has 0 unspecified atom stereocenters. The Morgan fingerprint density at radius 3 is 1.50 bits per heavy atom. The molecule has 0 aliphatic heterocycles. The van der Waals surface area contributed by atoms with E-state index in [1.807, 2.05) is 0 Å². The Balaban J connectivity index is 3.17. The monoisotopic (exact) mass is 97.0 g/mol. The van der Waals surface area contributed by atoms with Gasteiger partial charge in [0.2, 0.25) is 0 Å². The molecular formula is C2H2F3N. The number of hydrogen-bond donors (Lipinski definition) is 0. The molecule has 4 heteroatoms. The van der Waals surface area contributed by atoms with Crippen molar-refractivity contribution in [1.29, 1.82) is 0 Å².